The Morgan fingerprint density at radius 2 is 2.00 bits per heavy atom. The molecule has 1 saturated carbocycles. The third-order valence-electron chi connectivity index (χ3n) is 4.18. The number of carbonyl (C=O) groups is 1. The largest absolute Gasteiger partial charge is 0.460 e. The van der Waals surface area contributed by atoms with Crippen molar-refractivity contribution in [3.05, 3.63) is 0 Å². The molecule has 1 heterocycles. The predicted molar refractivity (Wildman–Crippen MR) is 80.9 cm³/mol. The van der Waals surface area contributed by atoms with Gasteiger partial charge in [-0.1, -0.05) is 6.42 Å². The molecule has 0 bridgehead atoms. The molecule has 21 heavy (non-hydrogen) atoms. The first-order valence-electron chi connectivity index (χ1n) is 8.38. The van der Waals surface area contributed by atoms with E-state index in [9.17, 15) is 4.79 Å². The third-order valence-corrected chi connectivity index (χ3v) is 4.18. The Morgan fingerprint density at radius 1 is 1.24 bits per heavy atom. The molecule has 2 rings (SSSR count). The molecule has 0 amide bonds. The van der Waals surface area contributed by atoms with Gasteiger partial charge in [0.25, 0.3) is 0 Å². The Bertz CT molecular complexity index is 335. The summed E-state index contributed by atoms with van der Waals surface area (Å²) in [5.74, 6) is -0.00784. The van der Waals surface area contributed by atoms with Crippen molar-refractivity contribution in [1.29, 1.82) is 0 Å². The van der Waals surface area contributed by atoms with Crippen LogP contribution < -0.4 is 0 Å². The van der Waals surface area contributed by atoms with Gasteiger partial charge in [-0.15, -0.1) is 0 Å². The lowest BCUT2D eigenvalue weighted by Gasteiger charge is -2.24. The molecule has 0 aromatic rings. The second-order valence-corrected chi connectivity index (χ2v) is 7.41. The molecule has 2 fully saturated rings. The van der Waals surface area contributed by atoms with Crippen LogP contribution in [0.15, 0.2) is 0 Å². The zero-order valence-electron chi connectivity index (χ0n) is 13.8. The minimum absolute atomic E-state index is 0.000471. The van der Waals surface area contributed by atoms with E-state index in [1.54, 1.807) is 0 Å². The van der Waals surface area contributed by atoms with E-state index in [0.717, 1.165) is 58.2 Å². The van der Waals surface area contributed by atoms with E-state index >= 15 is 0 Å². The van der Waals surface area contributed by atoms with Crippen LogP contribution in [0.25, 0.3) is 0 Å². The Hall–Kier alpha value is -0.610. The van der Waals surface area contributed by atoms with Crippen molar-refractivity contribution in [3.63, 3.8) is 0 Å². The molecule has 0 radical (unpaired) electrons. The second-order valence-electron chi connectivity index (χ2n) is 7.41. The fraction of sp³-hybridized carbons (Fsp3) is 0.941. The first-order valence-corrected chi connectivity index (χ1v) is 8.38. The molecular weight excluding hydrogens is 268 g/mol. The SMILES string of the molecule is CC(C)(C)OC(=O)C1(CCCCOC2CCCCO2)CC1. The lowest BCUT2D eigenvalue weighted by molar-refractivity contribution is -0.165. The standard InChI is InChI=1S/C17H30O4/c1-16(2,3)21-15(18)17(10-11-17)9-5-7-13-20-14-8-4-6-12-19-14/h14H,4-13H2,1-3H3. The quantitative estimate of drug-likeness (QED) is 0.529. The van der Waals surface area contributed by atoms with Gasteiger partial charge in [-0.2, -0.15) is 0 Å². The van der Waals surface area contributed by atoms with Gasteiger partial charge in [0, 0.05) is 13.2 Å². The van der Waals surface area contributed by atoms with E-state index in [4.69, 9.17) is 14.2 Å². The van der Waals surface area contributed by atoms with Gasteiger partial charge in [-0.25, -0.2) is 0 Å². The van der Waals surface area contributed by atoms with Gasteiger partial charge in [-0.3, -0.25) is 4.79 Å². The van der Waals surface area contributed by atoms with Crippen LogP contribution in [0.1, 0.15) is 72.1 Å². The molecule has 1 aliphatic carbocycles. The number of hydrogen-bond donors (Lipinski definition) is 0. The van der Waals surface area contributed by atoms with Crippen LogP contribution >= 0.6 is 0 Å². The first-order chi connectivity index (χ1) is 9.91. The number of rotatable bonds is 7. The van der Waals surface area contributed by atoms with E-state index in [1.807, 2.05) is 20.8 Å². The van der Waals surface area contributed by atoms with Crippen molar-refractivity contribution in [2.24, 2.45) is 5.41 Å². The second kappa shape index (κ2) is 7.10. The maximum atomic E-state index is 12.2. The minimum atomic E-state index is -0.381. The highest BCUT2D eigenvalue weighted by Gasteiger charge is 2.51. The van der Waals surface area contributed by atoms with Gasteiger partial charge in [0.15, 0.2) is 6.29 Å². The zero-order chi connectivity index (χ0) is 15.3. The van der Waals surface area contributed by atoms with Crippen LogP contribution in [0.4, 0.5) is 0 Å². The topological polar surface area (TPSA) is 44.8 Å². The summed E-state index contributed by atoms with van der Waals surface area (Å²) >= 11 is 0. The van der Waals surface area contributed by atoms with E-state index in [2.05, 4.69) is 0 Å². The van der Waals surface area contributed by atoms with Crippen molar-refractivity contribution in [1.82, 2.24) is 0 Å². The van der Waals surface area contributed by atoms with E-state index in [-0.39, 0.29) is 23.3 Å². The van der Waals surface area contributed by atoms with Gasteiger partial charge in [0.1, 0.15) is 5.60 Å². The minimum Gasteiger partial charge on any atom is -0.460 e. The smallest absolute Gasteiger partial charge is 0.312 e. The maximum Gasteiger partial charge on any atom is 0.312 e. The summed E-state index contributed by atoms with van der Waals surface area (Å²) in [6.45, 7) is 7.35. The summed E-state index contributed by atoms with van der Waals surface area (Å²) in [6.07, 6.45) is 8.27. The van der Waals surface area contributed by atoms with Crippen molar-refractivity contribution in [2.45, 2.75) is 84.0 Å². The Labute approximate surface area is 128 Å². The Morgan fingerprint density at radius 3 is 2.57 bits per heavy atom. The predicted octanol–water partition coefficient (Wildman–Crippen LogP) is 3.82. The van der Waals surface area contributed by atoms with E-state index in [1.165, 1.54) is 6.42 Å². The molecule has 4 heteroatoms. The summed E-state index contributed by atoms with van der Waals surface area (Å²) < 4.78 is 16.8. The molecule has 0 spiro atoms. The van der Waals surface area contributed by atoms with E-state index < -0.39 is 0 Å². The van der Waals surface area contributed by atoms with Crippen LogP contribution in [-0.4, -0.2) is 31.1 Å². The average Bonchev–Trinajstić information content (AvgIpc) is 3.19. The number of ether oxygens (including phenoxy) is 3. The molecule has 1 atom stereocenters. The number of esters is 1. The highest BCUT2D eigenvalue weighted by molar-refractivity contribution is 5.80. The molecule has 122 valence electrons. The summed E-state index contributed by atoms with van der Waals surface area (Å²) in [5.41, 5.74) is -0.567. The average molecular weight is 298 g/mol. The lowest BCUT2D eigenvalue weighted by atomic mass is 9.99. The highest BCUT2D eigenvalue weighted by atomic mass is 16.7. The van der Waals surface area contributed by atoms with Gasteiger partial charge in [-0.05, 0) is 65.7 Å². The number of unbranched alkanes of at least 4 members (excludes halogenated alkanes) is 1. The summed E-state index contributed by atoms with van der Waals surface area (Å²) in [4.78, 5) is 12.2. The van der Waals surface area contributed by atoms with Crippen molar-refractivity contribution in [3.8, 4) is 0 Å². The normalized spacial score (nSPS) is 24.6. The van der Waals surface area contributed by atoms with Crippen molar-refractivity contribution in [2.75, 3.05) is 13.2 Å². The number of carbonyl (C=O) groups excluding carboxylic acids is 1. The summed E-state index contributed by atoms with van der Waals surface area (Å²) in [5, 5.41) is 0. The van der Waals surface area contributed by atoms with E-state index in [0.29, 0.717) is 0 Å². The fourth-order valence-corrected chi connectivity index (χ4v) is 2.72. The molecule has 0 aromatic heterocycles. The van der Waals surface area contributed by atoms with Crippen molar-refractivity contribution >= 4 is 5.97 Å². The monoisotopic (exact) mass is 298 g/mol. The summed E-state index contributed by atoms with van der Waals surface area (Å²) in [7, 11) is 0. The third kappa shape index (κ3) is 5.59. The van der Waals surface area contributed by atoms with Crippen LogP contribution in [0, 0.1) is 5.41 Å². The summed E-state index contributed by atoms with van der Waals surface area (Å²) in [6, 6.07) is 0. The van der Waals surface area contributed by atoms with Crippen LogP contribution in [-0.2, 0) is 19.0 Å². The molecule has 2 aliphatic rings. The number of hydrogen-bond acceptors (Lipinski definition) is 4. The molecular formula is C17H30O4. The van der Waals surface area contributed by atoms with Crippen molar-refractivity contribution < 1.29 is 19.0 Å². The van der Waals surface area contributed by atoms with Crippen LogP contribution in [0.2, 0.25) is 0 Å². The van der Waals surface area contributed by atoms with Gasteiger partial charge in [0.2, 0.25) is 0 Å². The molecule has 4 nitrogen and oxygen atoms in total. The molecule has 0 aromatic carbocycles. The van der Waals surface area contributed by atoms with Crippen LogP contribution in [0.3, 0.4) is 0 Å². The zero-order valence-corrected chi connectivity index (χ0v) is 13.8. The Balaban J connectivity index is 1.58. The maximum absolute atomic E-state index is 12.2. The fourth-order valence-electron chi connectivity index (χ4n) is 2.72. The molecule has 1 unspecified atom stereocenters. The van der Waals surface area contributed by atoms with Gasteiger partial charge < -0.3 is 14.2 Å². The highest BCUT2D eigenvalue weighted by Crippen LogP contribution is 2.51. The Kier molecular flexibility index (Phi) is 5.67. The lowest BCUT2D eigenvalue weighted by Crippen LogP contribution is -2.29. The molecule has 0 N–H and O–H groups in total. The van der Waals surface area contributed by atoms with Gasteiger partial charge in [0.05, 0.1) is 5.41 Å². The van der Waals surface area contributed by atoms with Crippen LogP contribution in [0.5, 0.6) is 0 Å². The van der Waals surface area contributed by atoms with Gasteiger partial charge >= 0.3 is 5.97 Å². The first kappa shape index (κ1) is 16.8. The molecule has 1 saturated heterocycles. The molecule has 1 aliphatic heterocycles.